The van der Waals surface area contributed by atoms with Crippen LogP contribution in [0.25, 0.3) is 0 Å². The van der Waals surface area contributed by atoms with Gasteiger partial charge >= 0.3 is 0 Å². The molecular formula is C14H27BrN4. The standard InChI is InChI=1S/C14H27BrN4/c1-8-14(3,18(5)6)12(16-4)9-11-13(15)10(2)17-19(11)7/h12,16H,8-9H2,1-7H3. The zero-order valence-electron chi connectivity index (χ0n) is 13.2. The van der Waals surface area contributed by atoms with Crippen LogP contribution < -0.4 is 5.32 Å². The quantitative estimate of drug-likeness (QED) is 0.869. The zero-order valence-corrected chi connectivity index (χ0v) is 14.8. The molecule has 1 heterocycles. The van der Waals surface area contributed by atoms with Crippen molar-refractivity contribution in [2.75, 3.05) is 21.1 Å². The van der Waals surface area contributed by atoms with Gasteiger partial charge in [-0.25, -0.2) is 0 Å². The van der Waals surface area contributed by atoms with E-state index in [0.717, 1.165) is 23.0 Å². The van der Waals surface area contributed by atoms with Crippen LogP contribution in [-0.2, 0) is 13.5 Å². The van der Waals surface area contributed by atoms with Gasteiger partial charge < -0.3 is 10.2 Å². The third-order valence-corrected chi connectivity index (χ3v) is 5.53. The van der Waals surface area contributed by atoms with Crippen molar-refractivity contribution in [1.82, 2.24) is 20.0 Å². The SMILES string of the molecule is CCC(C)(C(Cc1c(Br)c(C)nn1C)NC)N(C)C. The fourth-order valence-electron chi connectivity index (χ4n) is 2.60. The number of hydrogen-bond acceptors (Lipinski definition) is 3. The Kier molecular flexibility index (Phi) is 5.59. The maximum Gasteiger partial charge on any atom is 0.0738 e. The zero-order chi connectivity index (χ0) is 14.8. The highest BCUT2D eigenvalue weighted by Gasteiger charge is 2.34. The summed E-state index contributed by atoms with van der Waals surface area (Å²) in [5, 5.41) is 7.96. The van der Waals surface area contributed by atoms with E-state index in [1.165, 1.54) is 5.69 Å². The highest BCUT2D eigenvalue weighted by molar-refractivity contribution is 9.10. The average molecular weight is 331 g/mol. The van der Waals surface area contributed by atoms with Crippen molar-refractivity contribution in [1.29, 1.82) is 0 Å². The molecule has 0 radical (unpaired) electrons. The molecule has 110 valence electrons. The van der Waals surface area contributed by atoms with E-state index in [0.29, 0.717) is 6.04 Å². The summed E-state index contributed by atoms with van der Waals surface area (Å²) in [4.78, 5) is 2.31. The van der Waals surface area contributed by atoms with E-state index in [2.05, 4.69) is 59.2 Å². The molecule has 0 fully saturated rings. The molecule has 0 aromatic carbocycles. The van der Waals surface area contributed by atoms with Crippen LogP contribution in [0, 0.1) is 6.92 Å². The first-order valence-corrected chi connectivity index (χ1v) is 7.59. The molecule has 0 amide bonds. The first kappa shape index (κ1) is 16.7. The molecule has 2 unspecified atom stereocenters. The van der Waals surface area contributed by atoms with E-state index < -0.39 is 0 Å². The molecule has 0 saturated heterocycles. The Morgan fingerprint density at radius 2 is 2.05 bits per heavy atom. The van der Waals surface area contributed by atoms with Crippen LogP contribution in [0.4, 0.5) is 0 Å². The molecule has 1 rings (SSSR count). The van der Waals surface area contributed by atoms with Gasteiger partial charge in [0.05, 0.1) is 15.9 Å². The van der Waals surface area contributed by atoms with Gasteiger partial charge in [0, 0.05) is 25.0 Å². The lowest BCUT2D eigenvalue weighted by Gasteiger charge is -2.42. The molecule has 0 aliphatic heterocycles. The van der Waals surface area contributed by atoms with Gasteiger partial charge in [-0.15, -0.1) is 0 Å². The van der Waals surface area contributed by atoms with Crippen LogP contribution in [-0.4, -0.2) is 47.4 Å². The summed E-state index contributed by atoms with van der Waals surface area (Å²) in [6.07, 6.45) is 2.05. The van der Waals surface area contributed by atoms with Crippen molar-refractivity contribution in [3.63, 3.8) is 0 Å². The molecule has 0 saturated carbocycles. The van der Waals surface area contributed by atoms with Crippen molar-refractivity contribution in [3.8, 4) is 0 Å². The normalized spacial score (nSPS) is 16.7. The lowest BCUT2D eigenvalue weighted by molar-refractivity contribution is 0.115. The molecule has 1 N–H and O–H groups in total. The summed E-state index contributed by atoms with van der Waals surface area (Å²) in [6.45, 7) is 6.59. The lowest BCUT2D eigenvalue weighted by atomic mass is 9.85. The topological polar surface area (TPSA) is 33.1 Å². The highest BCUT2D eigenvalue weighted by Crippen LogP contribution is 2.27. The van der Waals surface area contributed by atoms with E-state index in [-0.39, 0.29) is 5.54 Å². The third-order valence-electron chi connectivity index (χ3n) is 4.50. The molecule has 0 aliphatic carbocycles. The Labute approximate surface area is 125 Å². The van der Waals surface area contributed by atoms with Crippen molar-refractivity contribution in [2.45, 2.75) is 45.2 Å². The van der Waals surface area contributed by atoms with Gasteiger partial charge in [-0.2, -0.15) is 5.10 Å². The number of aromatic nitrogens is 2. The Morgan fingerprint density at radius 3 is 2.37 bits per heavy atom. The largest absolute Gasteiger partial charge is 0.315 e. The number of nitrogens with one attached hydrogen (secondary N) is 1. The molecule has 0 bridgehead atoms. The van der Waals surface area contributed by atoms with Crippen LogP contribution >= 0.6 is 15.9 Å². The lowest BCUT2D eigenvalue weighted by Crippen LogP contribution is -2.57. The maximum atomic E-state index is 4.48. The average Bonchev–Trinajstić information content (AvgIpc) is 2.60. The van der Waals surface area contributed by atoms with Gasteiger partial charge in [0.15, 0.2) is 0 Å². The van der Waals surface area contributed by atoms with Gasteiger partial charge in [0.2, 0.25) is 0 Å². The number of nitrogens with zero attached hydrogens (tertiary/aromatic N) is 3. The Hall–Kier alpha value is -0.390. The smallest absolute Gasteiger partial charge is 0.0738 e. The van der Waals surface area contributed by atoms with Crippen LogP contribution in [0.1, 0.15) is 31.7 Å². The Balaban J connectivity index is 3.06. The number of likely N-dealkylation sites (N-methyl/N-ethyl adjacent to an activating group) is 2. The summed E-state index contributed by atoms with van der Waals surface area (Å²) in [5.41, 5.74) is 2.42. The van der Waals surface area contributed by atoms with Gasteiger partial charge in [-0.1, -0.05) is 6.92 Å². The number of rotatable bonds is 6. The molecule has 1 aromatic rings. The number of aryl methyl sites for hydroxylation is 2. The second-order valence-electron chi connectivity index (χ2n) is 5.62. The summed E-state index contributed by atoms with van der Waals surface area (Å²) in [7, 11) is 8.35. The summed E-state index contributed by atoms with van der Waals surface area (Å²) < 4.78 is 3.11. The monoisotopic (exact) mass is 330 g/mol. The predicted octanol–water partition coefficient (Wildman–Crippen LogP) is 2.35. The van der Waals surface area contributed by atoms with Crippen LogP contribution in [0.15, 0.2) is 4.47 Å². The Morgan fingerprint density at radius 1 is 1.47 bits per heavy atom. The fraction of sp³-hybridized carbons (Fsp3) is 0.786. The van der Waals surface area contributed by atoms with E-state index in [1.807, 2.05) is 25.7 Å². The Bertz CT molecular complexity index is 427. The minimum Gasteiger partial charge on any atom is -0.315 e. The van der Waals surface area contributed by atoms with Crippen molar-refractivity contribution in [3.05, 3.63) is 15.9 Å². The summed E-state index contributed by atoms with van der Waals surface area (Å²) >= 11 is 3.66. The van der Waals surface area contributed by atoms with Crippen molar-refractivity contribution in [2.24, 2.45) is 7.05 Å². The third kappa shape index (κ3) is 3.20. The number of halogens is 1. The first-order valence-electron chi connectivity index (χ1n) is 6.80. The highest BCUT2D eigenvalue weighted by atomic mass is 79.9. The van der Waals surface area contributed by atoms with Crippen LogP contribution in [0.5, 0.6) is 0 Å². The van der Waals surface area contributed by atoms with Crippen LogP contribution in [0.3, 0.4) is 0 Å². The van der Waals surface area contributed by atoms with Gasteiger partial charge in [0.25, 0.3) is 0 Å². The van der Waals surface area contributed by atoms with Gasteiger partial charge in [-0.3, -0.25) is 4.68 Å². The van der Waals surface area contributed by atoms with Crippen molar-refractivity contribution >= 4 is 15.9 Å². The first-order chi connectivity index (χ1) is 8.77. The van der Waals surface area contributed by atoms with Crippen LogP contribution in [0.2, 0.25) is 0 Å². The molecular weight excluding hydrogens is 304 g/mol. The summed E-state index contributed by atoms with van der Waals surface area (Å²) in [5.74, 6) is 0. The molecule has 0 aliphatic rings. The minimum absolute atomic E-state index is 0.117. The maximum absolute atomic E-state index is 4.48. The molecule has 5 heteroatoms. The van der Waals surface area contributed by atoms with Gasteiger partial charge in [0.1, 0.15) is 0 Å². The predicted molar refractivity (Wildman–Crippen MR) is 84.6 cm³/mol. The molecule has 0 spiro atoms. The fourth-order valence-corrected chi connectivity index (χ4v) is 3.10. The van der Waals surface area contributed by atoms with E-state index >= 15 is 0 Å². The minimum atomic E-state index is 0.117. The second-order valence-corrected chi connectivity index (χ2v) is 6.41. The molecule has 2 atom stereocenters. The van der Waals surface area contributed by atoms with E-state index in [1.54, 1.807) is 0 Å². The van der Waals surface area contributed by atoms with E-state index in [9.17, 15) is 0 Å². The van der Waals surface area contributed by atoms with E-state index in [4.69, 9.17) is 0 Å². The molecule has 19 heavy (non-hydrogen) atoms. The second kappa shape index (κ2) is 6.37. The van der Waals surface area contributed by atoms with Gasteiger partial charge in [-0.05, 0) is 57.3 Å². The van der Waals surface area contributed by atoms with Crippen molar-refractivity contribution < 1.29 is 0 Å². The molecule has 1 aromatic heterocycles. The molecule has 4 nitrogen and oxygen atoms in total. The summed E-state index contributed by atoms with van der Waals surface area (Å²) in [6, 6.07) is 0.374. The number of hydrogen-bond donors (Lipinski definition) is 1.